The number of fused-ring (bicyclic) bond motifs is 1. The van der Waals surface area contributed by atoms with E-state index >= 15 is 0 Å². The van der Waals surface area contributed by atoms with Crippen molar-refractivity contribution in [2.24, 2.45) is 5.92 Å². The Labute approximate surface area is 162 Å². The number of anilines is 1. The van der Waals surface area contributed by atoms with Gasteiger partial charge < -0.3 is 14.4 Å². The highest BCUT2D eigenvalue weighted by molar-refractivity contribution is 7.20. The molecule has 0 bridgehead atoms. The van der Waals surface area contributed by atoms with Crippen molar-refractivity contribution in [3.8, 4) is 0 Å². The van der Waals surface area contributed by atoms with E-state index in [1.54, 1.807) is 0 Å². The third-order valence-electron chi connectivity index (χ3n) is 4.20. The summed E-state index contributed by atoms with van der Waals surface area (Å²) in [6.07, 6.45) is 0.189. The van der Waals surface area contributed by atoms with Crippen molar-refractivity contribution in [3.05, 3.63) is 15.7 Å². The molecule has 2 unspecified atom stereocenters. The first-order chi connectivity index (χ1) is 12.3. The first-order valence-corrected chi connectivity index (χ1v) is 9.99. The van der Waals surface area contributed by atoms with E-state index in [2.05, 4.69) is 14.9 Å². The van der Waals surface area contributed by atoms with Crippen LogP contribution in [0.4, 0.5) is 5.82 Å². The zero-order valence-electron chi connectivity index (χ0n) is 15.7. The topological polar surface area (TPSA) is 64.5 Å². The second-order valence-corrected chi connectivity index (χ2v) is 8.54. The molecule has 3 heterocycles. The van der Waals surface area contributed by atoms with Crippen LogP contribution in [0, 0.1) is 12.8 Å². The number of ether oxygens (including phenoxy) is 2. The Balaban J connectivity index is 2.03. The lowest BCUT2D eigenvalue weighted by atomic mass is 10.1. The molecule has 0 saturated carbocycles. The molecule has 0 N–H and O–H groups in total. The van der Waals surface area contributed by atoms with Crippen LogP contribution in [0.2, 0.25) is 5.28 Å². The van der Waals surface area contributed by atoms with E-state index in [-0.39, 0.29) is 29.4 Å². The number of morpholine rings is 1. The highest BCUT2D eigenvalue weighted by Crippen LogP contribution is 2.37. The van der Waals surface area contributed by atoms with Gasteiger partial charge in [-0.2, -0.15) is 4.98 Å². The van der Waals surface area contributed by atoms with Gasteiger partial charge in [-0.3, -0.25) is 0 Å². The van der Waals surface area contributed by atoms with Crippen LogP contribution < -0.4 is 4.90 Å². The number of aromatic nitrogens is 2. The van der Waals surface area contributed by atoms with E-state index in [1.807, 2.05) is 34.6 Å². The molecule has 3 rings (SSSR count). The maximum absolute atomic E-state index is 12.5. The molecule has 1 aliphatic rings. The molecule has 0 spiro atoms. The van der Waals surface area contributed by atoms with Crippen molar-refractivity contribution in [2.75, 3.05) is 24.6 Å². The van der Waals surface area contributed by atoms with Gasteiger partial charge in [0.2, 0.25) is 5.28 Å². The van der Waals surface area contributed by atoms with Gasteiger partial charge in [0, 0.05) is 13.1 Å². The molecule has 0 radical (unpaired) electrons. The van der Waals surface area contributed by atoms with Crippen molar-refractivity contribution < 1.29 is 14.3 Å². The van der Waals surface area contributed by atoms with E-state index < -0.39 is 0 Å². The predicted octanol–water partition coefficient (Wildman–Crippen LogP) is 4.08. The van der Waals surface area contributed by atoms with Crippen LogP contribution in [0.25, 0.3) is 10.2 Å². The Morgan fingerprint density at radius 2 is 2.00 bits per heavy atom. The highest BCUT2D eigenvalue weighted by Gasteiger charge is 2.28. The van der Waals surface area contributed by atoms with Crippen LogP contribution in [0.5, 0.6) is 0 Å². The maximum Gasteiger partial charge on any atom is 0.348 e. The van der Waals surface area contributed by atoms with Crippen molar-refractivity contribution in [1.82, 2.24) is 9.97 Å². The number of esters is 1. The standard InChI is InChI=1S/C18H24ClN3O3S/c1-9(2)8-24-17(23)14-12(5)13-15(20-18(19)21-16(13)26-14)22-6-10(3)25-11(4)7-22/h9-11H,6-8H2,1-5H3. The smallest absolute Gasteiger partial charge is 0.348 e. The Kier molecular flexibility index (Phi) is 5.69. The van der Waals surface area contributed by atoms with E-state index in [1.165, 1.54) is 11.3 Å². The molecule has 2 atom stereocenters. The van der Waals surface area contributed by atoms with Crippen LogP contribution in [-0.2, 0) is 9.47 Å². The Morgan fingerprint density at radius 1 is 1.35 bits per heavy atom. The van der Waals surface area contributed by atoms with Crippen molar-refractivity contribution in [1.29, 1.82) is 0 Å². The average Bonchev–Trinajstić information content (AvgIpc) is 2.87. The van der Waals surface area contributed by atoms with Crippen molar-refractivity contribution in [2.45, 2.75) is 46.8 Å². The monoisotopic (exact) mass is 397 g/mol. The number of carbonyl (C=O) groups excluding carboxylic acids is 1. The number of rotatable bonds is 4. The largest absolute Gasteiger partial charge is 0.461 e. The van der Waals surface area contributed by atoms with Crippen molar-refractivity contribution >= 4 is 44.9 Å². The minimum Gasteiger partial charge on any atom is -0.461 e. The fourth-order valence-corrected chi connectivity index (χ4v) is 4.46. The van der Waals surface area contributed by atoms with Gasteiger partial charge in [0.05, 0.1) is 24.2 Å². The van der Waals surface area contributed by atoms with Gasteiger partial charge in [0.1, 0.15) is 15.5 Å². The van der Waals surface area contributed by atoms with E-state index in [9.17, 15) is 4.79 Å². The van der Waals surface area contributed by atoms with Gasteiger partial charge in [0.25, 0.3) is 0 Å². The number of aryl methyl sites for hydroxylation is 1. The molecular weight excluding hydrogens is 374 g/mol. The Hall–Kier alpha value is -1.44. The molecule has 0 aromatic carbocycles. The summed E-state index contributed by atoms with van der Waals surface area (Å²) in [5, 5.41) is 1.06. The predicted molar refractivity (Wildman–Crippen MR) is 105 cm³/mol. The summed E-state index contributed by atoms with van der Waals surface area (Å²) in [6.45, 7) is 11.8. The van der Waals surface area contributed by atoms with Gasteiger partial charge in [-0.15, -0.1) is 11.3 Å². The molecule has 0 amide bonds. The van der Waals surface area contributed by atoms with Gasteiger partial charge in [-0.1, -0.05) is 13.8 Å². The second-order valence-electron chi connectivity index (χ2n) is 7.21. The normalized spacial score (nSPS) is 20.8. The second kappa shape index (κ2) is 7.66. The summed E-state index contributed by atoms with van der Waals surface area (Å²) >= 11 is 7.48. The fraction of sp³-hybridized carbons (Fsp3) is 0.611. The highest BCUT2D eigenvalue weighted by atomic mass is 35.5. The number of hydrogen-bond donors (Lipinski definition) is 0. The van der Waals surface area contributed by atoms with Crippen LogP contribution >= 0.6 is 22.9 Å². The zero-order valence-corrected chi connectivity index (χ0v) is 17.3. The van der Waals surface area contributed by atoms with Crippen LogP contribution in [0.3, 0.4) is 0 Å². The van der Waals surface area contributed by atoms with E-state index in [4.69, 9.17) is 21.1 Å². The summed E-state index contributed by atoms with van der Waals surface area (Å²) in [5.74, 6) is 0.735. The molecule has 1 fully saturated rings. The summed E-state index contributed by atoms with van der Waals surface area (Å²) in [4.78, 5) is 24.7. The molecule has 0 aliphatic carbocycles. The van der Waals surface area contributed by atoms with Gasteiger partial charge in [0.15, 0.2) is 0 Å². The molecule has 1 saturated heterocycles. The van der Waals surface area contributed by atoms with Gasteiger partial charge in [-0.25, -0.2) is 9.78 Å². The zero-order chi connectivity index (χ0) is 19.0. The molecule has 142 valence electrons. The van der Waals surface area contributed by atoms with Gasteiger partial charge >= 0.3 is 5.97 Å². The fourth-order valence-electron chi connectivity index (χ4n) is 3.17. The van der Waals surface area contributed by atoms with E-state index in [0.29, 0.717) is 16.3 Å². The molecule has 8 heteroatoms. The summed E-state index contributed by atoms with van der Waals surface area (Å²) in [7, 11) is 0. The average molecular weight is 398 g/mol. The lowest BCUT2D eigenvalue weighted by Gasteiger charge is -2.36. The number of hydrogen-bond acceptors (Lipinski definition) is 7. The lowest BCUT2D eigenvalue weighted by Crippen LogP contribution is -2.46. The lowest BCUT2D eigenvalue weighted by molar-refractivity contribution is -0.00538. The summed E-state index contributed by atoms with van der Waals surface area (Å²) < 4.78 is 11.2. The minimum atomic E-state index is -0.315. The Bertz CT molecular complexity index is 814. The number of halogens is 1. The third kappa shape index (κ3) is 3.94. The molecule has 1 aliphatic heterocycles. The third-order valence-corrected chi connectivity index (χ3v) is 5.53. The summed E-state index contributed by atoms with van der Waals surface area (Å²) in [5.41, 5.74) is 0.845. The number of carbonyl (C=O) groups is 1. The molecule has 6 nitrogen and oxygen atoms in total. The van der Waals surface area contributed by atoms with Gasteiger partial charge in [-0.05, 0) is 43.9 Å². The quantitative estimate of drug-likeness (QED) is 0.572. The van der Waals surface area contributed by atoms with Crippen molar-refractivity contribution in [3.63, 3.8) is 0 Å². The first-order valence-electron chi connectivity index (χ1n) is 8.80. The Morgan fingerprint density at radius 3 is 2.62 bits per heavy atom. The number of nitrogens with zero attached hydrogens (tertiary/aromatic N) is 3. The molecular formula is C18H24ClN3O3S. The molecule has 26 heavy (non-hydrogen) atoms. The first kappa shape index (κ1) is 19.3. The minimum absolute atomic E-state index is 0.0944. The maximum atomic E-state index is 12.5. The van der Waals surface area contributed by atoms with Crippen LogP contribution in [0.1, 0.15) is 42.9 Å². The molecule has 2 aromatic heterocycles. The molecule has 2 aromatic rings. The number of thiophene rings is 1. The SMILES string of the molecule is Cc1c(C(=O)OCC(C)C)sc2nc(Cl)nc(N3CC(C)OC(C)C3)c12. The van der Waals surface area contributed by atoms with Crippen LogP contribution in [0.15, 0.2) is 0 Å². The summed E-state index contributed by atoms with van der Waals surface area (Å²) in [6, 6.07) is 0. The van der Waals surface area contributed by atoms with Crippen LogP contribution in [-0.4, -0.2) is 47.8 Å². The van der Waals surface area contributed by atoms with E-state index in [0.717, 1.165) is 29.9 Å².